The predicted octanol–water partition coefficient (Wildman–Crippen LogP) is 1.45. The van der Waals surface area contributed by atoms with E-state index in [0.717, 1.165) is 5.56 Å². The average molecular weight is 287 g/mol. The first kappa shape index (κ1) is 16.6. The Morgan fingerprint density at radius 2 is 1.81 bits per heavy atom. The number of nitrogens with zero attached hydrogens (tertiary/aromatic N) is 1. The molecule has 5 heteroatoms. The van der Waals surface area contributed by atoms with Crippen molar-refractivity contribution in [3.63, 3.8) is 0 Å². The van der Waals surface area contributed by atoms with Crippen LogP contribution < -0.4 is 10.6 Å². The van der Waals surface area contributed by atoms with Crippen molar-refractivity contribution >= 4 is 11.9 Å². The molecule has 3 amide bonds. The Morgan fingerprint density at radius 3 is 2.33 bits per heavy atom. The third-order valence-corrected chi connectivity index (χ3v) is 2.53. The van der Waals surface area contributed by atoms with Gasteiger partial charge >= 0.3 is 6.03 Å². The van der Waals surface area contributed by atoms with E-state index in [9.17, 15) is 9.59 Å². The van der Waals surface area contributed by atoms with E-state index in [2.05, 4.69) is 22.5 Å². The van der Waals surface area contributed by atoms with E-state index in [-0.39, 0.29) is 24.5 Å². The van der Waals surface area contributed by atoms with Crippen molar-refractivity contribution in [3.05, 3.63) is 35.4 Å². The molecule has 2 N–H and O–H groups in total. The van der Waals surface area contributed by atoms with Crippen molar-refractivity contribution in [2.75, 3.05) is 20.6 Å². The van der Waals surface area contributed by atoms with E-state index in [1.807, 2.05) is 13.8 Å². The molecule has 0 unspecified atom stereocenters. The molecule has 0 radical (unpaired) electrons. The van der Waals surface area contributed by atoms with Gasteiger partial charge in [-0.2, -0.15) is 0 Å². The summed E-state index contributed by atoms with van der Waals surface area (Å²) in [5, 5.41) is 5.36. The van der Waals surface area contributed by atoms with Gasteiger partial charge < -0.3 is 15.5 Å². The summed E-state index contributed by atoms with van der Waals surface area (Å²) in [7, 11) is 3.42. The van der Waals surface area contributed by atoms with Crippen molar-refractivity contribution in [3.8, 4) is 11.8 Å². The minimum Gasteiger partial charge on any atom is -0.345 e. The Hall–Kier alpha value is -2.48. The highest BCUT2D eigenvalue weighted by atomic mass is 16.2. The number of amides is 3. The molecule has 0 spiro atoms. The molecule has 0 atom stereocenters. The molecule has 0 bridgehead atoms. The van der Waals surface area contributed by atoms with E-state index in [0.29, 0.717) is 5.56 Å². The van der Waals surface area contributed by atoms with Crippen LogP contribution in [0.5, 0.6) is 0 Å². The minimum absolute atomic E-state index is 0.0402. The normalized spacial score (nSPS) is 9.57. The number of rotatable bonds is 3. The number of nitrogens with one attached hydrogen (secondary N) is 2. The van der Waals surface area contributed by atoms with Crippen LogP contribution in [-0.2, 0) is 0 Å². The van der Waals surface area contributed by atoms with Crippen molar-refractivity contribution in [1.82, 2.24) is 15.5 Å². The van der Waals surface area contributed by atoms with Gasteiger partial charge in [-0.25, -0.2) is 4.79 Å². The quantitative estimate of drug-likeness (QED) is 0.827. The Balaban J connectivity index is 2.52. The molecule has 0 saturated carbocycles. The van der Waals surface area contributed by atoms with E-state index >= 15 is 0 Å². The van der Waals surface area contributed by atoms with Crippen LogP contribution in [0.2, 0.25) is 0 Å². The number of hydrogen-bond acceptors (Lipinski definition) is 2. The molecule has 0 saturated heterocycles. The van der Waals surface area contributed by atoms with Gasteiger partial charge in [0, 0.05) is 31.3 Å². The van der Waals surface area contributed by atoms with Gasteiger partial charge in [0.2, 0.25) is 0 Å². The van der Waals surface area contributed by atoms with E-state index < -0.39 is 0 Å². The summed E-state index contributed by atoms with van der Waals surface area (Å²) in [5.41, 5.74) is 1.43. The lowest BCUT2D eigenvalue weighted by Crippen LogP contribution is -2.39. The zero-order chi connectivity index (χ0) is 15.8. The van der Waals surface area contributed by atoms with E-state index in [1.165, 1.54) is 4.90 Å². The molecule has 0 aliphatic carbocycles. The van der Waals surface area contributed by atoms with Crippen LogP contribution in [0.15, 0.2) is 24.3 Å². The maximum atomic E-state index is 11.7. The van der Waals surface area contributed by atoms with Crippen molar-refractivity contribution in [2.45, 2.75) is 19.9 Å². The summed E-state index contributed by atoms with van der Waals surface area (Å²) in [6.45, 7) is 4.06. The summed E-state index contributed by atoms with van der Waals surface area (Å²) < 4.78 is 0. The van der Waals surface area contributed by atoms with Gasteiger partial charge in [-0.3, -0.25) is 4.79 Å². The second-order valence-corrected chi connectivity index (χ2v) is 5.06. The number of carbonyl (C=O) groups excluding carboxylic acids is 2. The Kier molecular flexibility index (Phi) is 6.28. The summed E-state index contributed by atoms with van der Waals surface area (Å²) in [6.07, 6.45) is 0. The predicted molar refractivity (Wildman–Crippen MR) is 83.0 cm³/mol. The number of carbonyl (C=O) groups is 2. The van der Waals surface area contributed by atoms with Crippen LogP contribution in [0.4, 0.5) is 4.79 Å². The second-order valence-electron chi connectivity index (χ2n) is 5.06. The molecular formula is C16H21N3O2. The van der Waals surface area contributed by atoms with Gasteiger partial charge in [-0.1, -0.05) is 11.8 Å². The van der Waals surface area contributed by atoms with Crippen LogP contribution >= 0.6 is 0 Å². The van der Waals surface area contributed by atoms with Gasteiger partial charge in [0.1, 0.15) is 0 Å². The molecule has 0 aliphatic heterocycles. The van der Waals surface area contributed by atoms with Gasteiger partial charge in [-0.15, -0.1) is 0 Å². The van der Waals surface area contributed by atoms with Gasteiger partial charge in [0.05, 0.1) is 6.54 Å². The molecule has 1 rings (SSSR count). The Bertz CT molecular complexity index is 551. The molecule has 0 fully saturated rings. The lowest BCUT2D eigenvalue weighted by Gasteiger charge is -2.09. The molecular weight excluding hydrogens is 266 g/mol. The number of hydrogen-bond donors (Lipinski definition) is 2. The third kappa shape index (κ3) is 6.00. The summed E-state index contributed by atoms with van der Waals surface area (Å²) in [6, 6.07) is 6.93. The SMILES string of the molecule is CC(C)NC(=O)NCC#Cc1ccc(C(=O)N(C)C)cc1. The van der Waals surface area contributed by atoms with Crippen LogP contribution in [0, 0.1) is 11.8 Å². The smallest absolute Gasteiger partial charge is 0.315 e. The zero-order valence-electron chi connectivity index (χ0n) is 12.9. The fourth-order valence-corrected chi connectivity index (χ4v) is 1.54. The minimum atomic E-state index is -0.230. The average Bonchev–Trinajstić information content (AvgIpc) is 2.42. The van der Waals surface area contributed by atoms with Crippen LogP contribution in [-0.4, -0.2) is 43.5 Å². The molecule has 112 valence electrons. The first-order valence-electron chi connectivity index (χ1n) is 6.75. The lowest BCUT2D eigenvalue weighted by atomic mass is 10.1. The van der Waals surface area contributed by atoms with Gasteiger partial charge in [-0.05, 0) is 38.1 Å². The van der Waals surface area contributed by atoms with Crippen LogP contribution in [0.25, 0.3) is 0 Å². The first-order valence-corrected chi connectivity index (χ1v) is 6.75. The second kappa shape index (κ2) is 7.95. The molecule has 5 nitrogen and oxygen atoms in total. The largest absolute Gasteiger partial charge is 0.345 e. The van der Waals surface area contributed by atoms with Gasteiger partial charge in [0.25, 0.3) is 5.91 Å². The Labute approximate surface area is 125 Å². The molecule has 1 aromatic carbocycles. The Morgan fingerprint density at radius 1 is 1.19 bits per heavy atom. The maximum absolute atomic E-state index is 11.7. The number of benzene rings is 1. The molecule has 0 heterocycles. The van der Waals surface area contributed by atoms with Crippen molar-refractivity contribution in [1.29, 1.82) is 0 Å². The van der Waals surface area contributed by atoms with E-state index in [4.69, 9.17) is 0 Å². The van der Waals surface area contributed by atoms with E-state index in [1.54, 1.807) is 38.4 Å². The van der Waals surface area contributed by atoms with Crippen LogP contribution in [0.1, 0.15) is 29.8 Å². The summed E-state index contributed by atoms with van der Waals surface area (Å²) >= 11 is 0. The first-order chi connectivity index (χ1) is 9.90. The highest BCUT2D eigenvalue weighted by Crippen LogP contribution is 2.05. The highest BCUT2D eigenvalue weighted by Gasteiger charge is 2.06. The van der Waals surface area contributed by atoms with Crippen molar-refractivity contribution in [2.24, 2.45) is 0 Å². The maximum Gasteiger partial charge on any atom is 0.315 e. The van der Waals surface area contributed by atoms with Gasteiger partial charge in [0.15, 0.2) is 0 Å². The van der Waals surface area contributed by atoms with Crippen LogP contribution in [0.3, 0.4) is 0 Å². The lowest BCUT2D eigenvalue weighted by molar-refractivity contribution is 0.0827. The monoisotopic (exact) mass is 287 g/mol. The van der Waals surface area contributed by atoms with Crippen molar-refractivity contribution < 1.29 is 9.59 Å². The molecule has 0 aromatic heterocycles. The standard InChI is InChI=1S/C16H21N3O2/c1-12(2)18-16(21)17-11-5-6-13-7-9-14(10-8-13)15(20)19(3)4/h7-10,12H,11H2,1-4H3,(H2,17,18,21). The molecule has 0 aliphatic rings. The molecule has 21 heavy (non-hydrogen) atoms. The molecule has 1 aromatic rings. The summed E-state index contributed by atoms with van der Waals surface area (Å²) in [5.74, 6) is 5.75. The topological polar surface area (TPSA) is 61.4 Å². The fraction of sp³-hybridized carbons (Fsp3) is 0.375. The highest BCUT2D eigenvalue weighted by molar-refractivity contribution is 5.93. The fourth-order valence-electron chi connectivity index (χ4n) is 1.54. The third-order valence-electron chi connectivity index (χ3n) is 2.53. The number of urea groups is 1. The zero-order valence-corrected chi connectivity index (χ0v) is 12.9. The summed E-state index contributed by atoms with van der Waals surface area (Å²) in [4.78, 5) is 24.6.